The van der Waals surface area contributed by atoms with Crippen LogP contribution in [-0.2, 0) is 4.79 Å². The summed E-state index contributed by atoms with van der Waals surface area (Å²) in [6.45, 7) is 2.03. The molecule has 1 aromatic carbocycles. The molecule has 1 unspecified atom stereocenters. The van der Waals surface area contributed by atoms with E-state index in [-0.39, 0.29) is 29.8 Å². The summed E-state index contributed by atoms with van der Waals surface area (Å²) in [5.74, 6) is 0.0896. The first-order valence-electron chi connectivity index (χ1n) is 6.01. The van der Waals surface area contributed by atoms with Crippen LogP contribution in [0.2, 0.25) is 0 Å². The molecule has 1 atom stereocenters. The second-order valence-corrected chi connectivity index (χ2v) is 4.43. The van der Waals surface area contributed by atoms with Gasteiger partial charge in [-0.3, -0.25) is 4.79 Å². The predicted molar refractivity (Wildman–Crippen MR) is 72.5 cm³/mol. The highest BCUT2D eigenvalue weighted by Gasteiger charge is 2.16. The molecular weight excluding hydrogens is 255 g/mol. The molecule has 1 heterocycles. The fourth-order valence-electron chi connectivity index (χ4n) is 2.07. The fraction of sp³-hybridized carbons (Fsp3) is 0.462. The molecule has 18 heavy (non-hydrogen) atoms. The number of halogens is 2. The molecule has 1 fully saturated rings. The molecule has 1 aromatic rings. The minimum atomic E-state index is -0.386. The molecule has 5 heteroatoms. The first-order valence-corrected chi connectivity index (χ1v) is 6.01. The van der Waals surface area contributed by atoms with Gasteiger partial charge in [-0.2, -0.15) is 0 Å². The van der Waals surface area contributed by atoms with Gasteiger partial charge in [-0.15, -0.1) is 12.4 Å². The van der Waals surface area contributed by atoms with E-state index < -0.39 is 0 Å². The molecule has 0 spiro atoms. The van der Waals surface area contributed by atoms with Gasteiger partial charge in [0.1, 0.15) is 5.82 Å². The van der Waals surface area contributed by atoms with Crippen LogP contribution in [0.4, 0.5) is 10.1 Å². The third kappa shape index (κ3) is 4.27. The van der Waals surface area contributed by atoms with Crippen LogP contribution in [0.3, 0.4) is 0 Å². The van der Waals surface area contributed by atoms with Gasteiger partial charge in [-0.05, 0) is 44.0 Å². The lowest BCUT2D eigenvalue weighted by molar-refractivity contribution is -0.116. The molecule has 0 aliphatic carbocycles. The SMILES string of the molecule is Cl.O=C(CCC1CCNC1)Nc1ccccc1F. The Morgan fingerprint density at radius 2 is 2.22 bits per heavy atom. The first kappa shape index (κ1) is 14.9. The van der Waals surface area contributed by atoms with E-state index in [1.54, 1.807) is 18.2 Å². The summed E-state index contributed by atoms with van der Waals surface area (Å²) in [6, 6.07) is 6.23. The van der Waals surface area contributed by atoms with Gasteiger partial charge in [0.15, 0.2) is 0 Å². The van der Waals surface area contributed by atoms with Crippen molar-refractivity contribution in [3.8, 4) is 0 Å². The molecule has 0 aromatic heterocycles. The number of carbonyl (C=O) groups is 1. The number of carbonyl (C=O) groups excluding carboxylic acids is 1. The van der Waals surface area contributed by atoms with E-state index in [1.807, 2.05) is 0 Å². The van der Waals surface area contributed by atoms with Crippen molar-refractivity contribution in [2.75, 3.05) is 18.4 Å². The lowest BCUT2D eigenvalue weighted by atomic mass is 10.0. The van der Waals surface area contributed by atoms with Crippen molar-refractivity contribution in [1.82, 2.24) is 5.32 Å². The highest BCUT2D eigenvalue weighted by atomic mass is 35.5. The van der Waals surface area contributed by atoms with E-state index in [9.17, 15) is 9.18 Å². The van der Waals surface area contributed by atoms with Crippen LogP contribution in [-0.4, -0.2) is 19.0 Å². The van der Waals surface area contributed by atoms with Gasteiger partial charge >= 0.3 is 0 Å². The number of para-hydroxylation sites is 1. The number of hydrogen-bond donors (Lipinski definition) is 2. The van der Waals surface area contributed by atoms with E-state index in [4.69, 9.17) is 0 Å². The van der Waals surface area contributed by atoms with E-state index in [0.29, 0.717) is 12.3 Å². The van der Waals surface area contributed by atoms with Gasteiger partial charge < -0.3 is 10.6 Å². The Bertz CT molecular complexity index is 394. The Labute approximate surface area is 113 Å². The van der Waals surface area contributed by atoms with Crippen LogP contribution in [0.5, 0.6) is 0 Å². The largest absolute Gasteiger partial charge is 0.324 e. The lowest BCUT2D eigenvalue weighted by Crippen LogP contribution is -2.15. The number of nitrogens with one attached hydrogen (secondary N) is 2. The Morgan fingerprint density at radius 3 is 2.89 bits per heavy atom. The fourth-order valence-corrected chi connectivity index (χ4v) is 2.07. The molecule has 0 radical (unpaired) electrons. The summed E-state index contributed by atoms with van der Waals surface area (Å²) in [4.78, 5) is 11.6. The van der Waals surface area contributed by atoms with Crippen LogP contribution in [0, 0.1) is 11.7 Å². The Hall–Kier alpha value is -1.13. The molecule has 1 amide bonds. The first-order chi connectivity index (χ1) is 8.25. The lowest BCUT2D eigenvalue weighted by Gasteiger charge is -2.09. The van der Waals surface area contributed by atoms with E-state index in [0.717, 1.165) is 25.9 Å². The third-order valence-electron chi connectivity index (χ3n) is 3.09. The Kier molecular flexibility index (Phi) is 6.09. The van der Waals surface area contributed by atoms with Gasteiger partial charge in [0, 0.05) is 6.42 Å². The van der Waals surface area contributed by atoms with Crippen LogP contribution in [0.1, 0.15) is 19.3 Å². The van der Waals surface area contributed by atoms with Crippen LogP contribution < -0.4 is 10.6 Å². The molecular formula is C13H18ClFN2O. The van der Waals surface area contributed by atoms with Gasteiger partial charge in [-0.1, -0.05) is 12.1 Å². The Morgan fingerprint density at radius 1 is 1.44 bits per heavy atom. The van der Waals surface area contributed by atoms with Crippen LogP contribution >= 0.6 is 12.4 Å². The minimum absolute atomic E-state index is 0. The van der Waals surface area contributed by atoms with E-state index >= 15 is 0 Å². The summed E-state index contributed by atoms with van der Waals surface area (Å²) in [5.41, 5.74) is 0.266. The molecule has 100 valence electrons. The number of hydrogen-bond acceptors (Lipinski definition) is 2. The maximum Gasteiger partial charge on any atom is 0.224 e. The maximum atomic E-state index is 13.3. The summed E-state index contributed by atoms with van der Waals surface area (Å²) in [5, 5.41) is 5.86. The summed E-state index contributed by atoms with van der Waals surface area (Å²) in [6.07, 6.45) is 2.46. The molecule has 1 aliphatic rings. The van der Waals surface area contributed by atoms with E-state index in [2.05, 4.69) is 10.6 Å². The highest BCUT2D eigenvalue weighted by Crippen LogP contribution is 2.16. The molecule has 3 nitrogen and oxygen atoms in total. The van der Waals surface area contributed by atoms with Gasteiger partial charge in [0.25, 0.3) is 0 Å². The number of anilines is 1. The van der Waals surface area contributed by atoms with Crippen molar-refractivity contribution in [3.63, 3.8) is 0 Å². The van der Waals surface area contributed by atoms with E-state index in [1.165, 1.54) is 6.07 Å². The topological polar surface area (TPSA) is 41.1 Å². The van der Waals surface area contributed by atoms with Gasteiger partial charge in [0.2, 0.25) is 5.91 Å². The summed E-state index contributed by atoms with van der Waals surface area (Å²) < 4.78 is 13.3. The summed E-state index contributed by atoms with van der Waals surface area (Å²) in [7, 11) is 0. The van der Waals surface area contributed by atoms with Gasteiger partial charge in [0.05, 0.1) is 5.69 Å². The Balaban J connectivity index is 0.00000162. The minimum Gasteiger partial charge on any atom is -0.324 e. The van der Waals surface area contributed by atoms with Crippen molar-refractivity contribution in [2.45, 2.75) is 19.3 Å². The van der Waals surface area contributed by atoms with Crippen LogP contribution in [0.15, 0.2) is 24.3 Å². The second-order valence-electron chi connectivity index (χ2n) is 4.43. The molecule has 1 aliphatic heterocycles. The third-order valence-corrected chi connectivity index (χ3v) is 3.09. The number of rotatable bonds is 4. The van der Waals surface area contributed by atoms with Crippen molar-refractivity contribution in [2.24, 2.45) is 5.92 Å². The molecule has 0 saturated carbocycles. The number of amides is 1. The zero-order chi connectivity index (χ0) is 12.1. The zero-order valence-corrected chi connectivity index (χ0v) is 10.9. The molecule has 0 bridgehead atoms. The average molecular weight is 273 g/mol. The molecule has 2 rings (SSSR count). The van der Waals surface area contributed by atoms with Crippen molar-refractivity contribution in [1.29, 1.82) is 0 Å². The van der Waals surface area contributed by atoms with Crippen LogP contribution in [0.25, 0.3) is 0 Å². The maximum absolute atomic E-state index is 13.3. The zero-order valence-electron chi connectivity index (χ0n) is 10.1. The highest BCUT2D eigenvalue weighted by molar-refractivity contribution is 5.90. The molecule has 1 saturated heterocycles. The van der Waals surface area contributed by atoms with Gasteiger partial charge in [-0.25, -0.2) is 4.39 Å². The predicted octanol–water partition coefficient (Wildman–Crippen LogP) is 2.58. The smallest absolute Gasteiger partial charge is 0.224 e. The standard InChI is InChI=1S/C13H17FN2O.ClH/c14-11-3-1-2-4-12(11)16-13(17)6-5-10-7-8-15-9-10;/h1-4,10,15H,5-9H2,(H,16,17);1H. The normalized spacial score (nSPS) is 18.2. The summed E-state index contributed by atoms with van der Waals surface area (Å²) >= 11 is 0. The quantitative estimate of drug-likeness (QED) is 0.885. The van der Waals surface area contributed by atoms with Crippen molar-refractivity contribution in [3.05, 3.63) is 30.1 Å². The number of benzene rings is 1. The second kappa shape index (κ2) is 7.34. The van der Waals surface area contributed by atoms with Crippen molar-refractivity contribution < 1.29 is 9.18 Å². The monoisotopic (exact) mass is 272 g/mol. The average Bonchev–Trinajstić information content (AvgIpc) is 2.82. The molecule has 2 N–H and O–H groups in total. The van der Waals surface area contributed by atoms with Crippen molar-refractivity contribution >= 4 is 24.0 Å².